The van der Waals surface area contributed by atoms with Crippen LogP contribution in [0.5, 0.6) is 17.2 Å². The van der Waals surface area contributed by atoms with Crippen molar-refractivity contribution < 1.29 is 32.3 Å². The molecule has 0 unspecified atom stereocenters. The van der Waals surface area contributed by atoms with Crippen molar-refractivity contribution in [2.75, 3.05) is 32.2 Å². The highest BCUT2D eigenvalue weighted by Crippen LogP contribution is 2.38. The van der Waals surface area contributed by atoms with Crippen LogP contribution in [-0.2, 0) is 21.4 Å². The maximum absolute atomic E-state index is 13.4. The van der Waals surface area contributed by atoms with Gasteiger partial charge in [-0.25, -0.2) is 8.42 Å². The zero-order chi connectivity index (χ0) is 26.3. The summed E-state index contributed by atoms with van der Waals surface area (Å²) in [7, 11) is 0.261. The van der Waals surface area contributed by atoms with Crippen molar-refractivity contribution in [2.45, 2.75) is 11.4 Å². The van der Waals surface area contributed by atoms with Crippen LogP contribution in [0, 0.1) is 10.1 Å². The van der Waals surface area contributed by atoms with Gasteiger partial charge in [0.15, 0.2) is 11.5 Å². The van der Waals surface area contributed by atoms with Crippen molar-refractivity contribution in [2.24, 2.45) is 0 Å². The van der Waals surface area contributed by atoms with Crippen LogP contribution in [0.2, 0.25) is 0 Å². The van der Waals surface area contributed by atoms with E-state index in [0.29, 0.717) is 22.8 Å². The molecule has 0 aromatic heterocycles. The molecule has 0 bridgehead atoms. The molecule has 1 amide bonds. The van der Waals surface area contributed by atoms with Crippen molar-refractivity contribution in [3.63, 3.8) is 0 Å². The number of carbonyl (C=O) groups excluding carboxylic acids is 1. The number of ether oxygens (including phenoxy) is 3. The molecule has 3 aromatic rings. The Hall–Kier alpha value is -4.32. The molecule has 1 N–H and O–H groups in total. The van der Waals surface area contributed by atoms with Gasteiger partial charge in [0.2, 0.25) is 11.7 Å². The van der Waals surface area contributed by atoms with Crippen LogP contribution in [0.3, 0.4) is 0 Å². The molecule has 11 nitrogen and oxygen atoms in total. The molecule has 0 heterocycles. The Bertz CT molecular complexity index is 1300. The third kappa shape index (κ3) is 5.84. The fourth-order valence-electron chi connectivity index (χ4n) is 3.40. The van der Waals surface area contributed by atoms with Gasteiger partial charge in [-0.2, -0.15) is 0 Å². The third-order valence-electron chi connectivity index (χ3n) is 5.18. The zero-order valence-corrected chi connectivity index (χ0v) is 20.7. The summed E-state index contributed by atoms with van der Waals surface area (Å²) in [5.74, 6) is 0.607. The van der Waals surface area contributed by atoms with Crippen LogP contribution < -0.4 is 23.8 Å². The van der Waals surface area contributed by atoms with Crippen molar-refractivity contribution in [1.82, 2.24) is 5.32 Å². The number of hydrogen-bond acceptors (Lipinski definition) is 8. The zero-order valence-electron chi connectivity index (χ0n) is 19.8. The summed E-state index contributed by atoms with van der Waals surface area (Å²) in [6.45, 7) is -0.505. The Morgan fingerprint density at radius 3 is 2.03 bits per heavy atom. The lowest BCUT2D eigenvalue weighted by Gasteiger charge is -2.24. The van der Waals surface area contributed by atoms with Gasteiger partial charge in [0, 0.05) is 18.7 Å². The van der Waals surface area contributed by atoms with E-state index < -0.39 is 27.4 Å². The topological polar surface area (TPSA) is 137 Å². The molecule has 3 rings (SSSR count). The van der Waals surface area contributed by atoms with Gasteiger partial charge < -0.3 is 19.5 Å². The highest BCUT2D eigenvalue weighted by atomic mass is 32.2. The Kier molecular flexibility index (Phi) is 8.33. The van der Waals surface area contributed by atoms with Gasteiger partial charge in [0.1, 0.15) is 6.54 Å². The molecule has 0 aliphatic rings. The smallest absolute Gasteiger partial charge is 0.269 e. The van der Waals surface area contributed by atoms with Crippen LogP contribution in [0.15, 0.2) is 71.6 Å². The van der Waals surface area contributed by atoms with Gasteiger partial charge in [-0.3, -0.25) is 19.2 Å². The van der Waals surface area contributed by atoms with E-state index in [1.54, 1.807) is 30.3 Å². The largest absolute Gasteiger partial charge is 0.493 e. The molecule has 12 heteroatoms. The van der Waals surface area contributed by atoms with E-state index in [4.69, 9.17) is 14.2 Å². The molecule has 0 aliphatic heterocycles. The second kappa shape index (κ2) is 11.4. The van der Waals surface area contributed by atoms with E-state index in [1.807, 2.05) is 0 Å². The average molecular weight is 516 g/mol. The van der Waals surface area contributed by atoms with E-state index in [-0.39, 0.29) is 22.8 Å². The number of anilines is 1. The molecule has 0 saturated heterocycles. The van der Waals surface area contributed by atoms with Gasteiger partial charge in [-0.1, -0.05) is 18.2 Å². The molecule has 0 fully saturated rings. The summed E-state index contributed by atoms with van der Waals surface area (Å²) in [6, 6.07) is 15.8. The summed E-state index contributed by atoms with van der Waals surface area (Å²) >= 11 is 0. The summed E-state index contributed by atoms with van der Waals surface area (Å²) in [5, 5.41) is 13.7. The summed E-state index contributed by atoms with van der Waals surface area (Å²) in [4.78, 5) is 23.3. The number of nitrogens with zero attached hydrogens (tertiary/aromatic N) is 2. The first-order valence-corrected chi connectivity index (χ1v) is 12.0. The van der Waals surface area contributed by atoms with Gasteiger partial charge in [-0.05, 0) is 42.0 Å². The van der Waals surface area contributed by atoms with Crippen molar-refractivity contribution in [3.8, 4) is 17.2 Å². The van der Waals surface area contributed by atoms with E-state index in [1.165, 1.54) is 57.7 Å². The predicted molar refractivity (Wildman–Crippen MR) is 132 cm³/mol. The molecule has 3 aromatic carbocycles. The second-order valence-corrected chi connectivity index (χ2v) is 9.27. The number of non-ortho nitro benzene ring substituents is 1. The maximum Gasteiger partial charge on any atom is 0.269 e. The van der Waals surface area contributed by atoms with Crippen LogP contribution >= 0.6 is 0 Å². The minimum atomic E-state index is -4.15. The van der Waals surface area contributed by atoms with Crippen LogP contribution in [-0.4, -0.2) is 47.1 Å². The minimum absolute atomic E-state index is 0.0271. The quantitative estimate of drug-likeness (QED) is 0.304. The SMILES string of the molecule is COc1cc(CNC(=O)CN(c2ccc([N+](=O)[O-])cc2)S(=O)(=O)c2ccccc2)cc(OC)c1OC. The Labute approximate surface area is 208 Å². The van der Waals surface area contributed by atoms with Crippen molar-refractivity contribution in [3.05, 3.63) is 82.4 Å². The molecule has 0 saturated carbocycles. The number of nitro groups is 1. The number of hydrogen-bond donors (Lipinski definition) is 1. The normalized spacial score (nSPS) is 10.9. The Morgan fingerprint density at radius 2 is 1.53 bits per heavy atom. The average Bonchev–Trinajstić information content (AvgIpc) is 2.90. The number of nitrogens with one attached hydrogen (secondary N) is 1. The van der Waals surface area contributed by atoms with Gasteiger partial charge >= 0.3 is 0 Å². The first kappa shape index (κ1) is 26.3. The Morgan fingerprint density at radius 1 is 0.944 bits per heavy atom. The lowest BCUT2D eigenvalue weighted by Crippen LogP contribution is -2.40. The number of nitro benzene ring substituents is 1. The second-order valence-electron chi connectivity index (χ2n) is 7.41. The molecular formula is C24H25N3O8S. The highest BCUT2D eigenvalue weighted by molar-refractivity contribution is 7.92. The number of methoxy groups -OCH3 is 3. The molecule has 0 atom stereocenters. The predicted octanol–water partition coefficient (Wildman–Crippen LogP) is 3.13. The molecular weight excluding hydrogens is 490 g/mol. The summed E-state index contributed by atoms with van der Waals surface area (Å²) in [6.07, 6.45) is 0. The highest BCUT2D eigenvalue weighted by Gasteiger charge is 2.27. The summed E-state index contributed by atoms with van der Waals surface area (Å²) < 4.78 is 43.5. The fraction of sp³-hybridized carbons (Fsp3) is 0.208. The number of amides is 1. The van der Waals surface area contributed by atoms with Crippen LogP contribution in [0.25, 0.3) is 0 Å². The van der Waals surface area contributed by atoms with Crippen LogP contribution in [0.4, 0.5) is 11.4 Å². The number of sulfonamides is 1. The Balaban J connectivity index is 1.86. The lowest BCUT2D eigenvalue weighted by atomic mass is 10.1. The monoisotopic (exact) mass is 515 g/mol. The van der Waals surface area contributed by atoms with E-state index in [2.05, 4.69) is 5.32 Å². The first-order valence-electron chi connectivity index (χ1n) is 10.6. The molecule has 0 radical (unpaired) electrons. The number of carbonyl (C=O) groups is 1. The molecule has 0 spiro atoms. The van der Waals surface area contributed by atoms with Gasteiger partial charge in [0.25, 0.3) is 15.7 Å². The lowest BCUT2D eigenvalue weighted by molar-refractivity contribution is -0.384. The number of rotatable bonds is 11. The molecule has 36 heavy (non-hydrogen) atoms. The van der Waals surface area contributed by atoms with Crippen molar-refractivity contribution >= 4 is 27.3 Å². The van der Waals surface area contributed by atoms with E-state index in [0.717, 1.165) is 4.31 Å². The van der Waals surface area contributed by atoms with Gasteiger partial charge in [0.05, 0.1) is 36.8 Å². The van der Waals surface area contributed by atoms with E-state index in [9.17, 15) is 23.3 Å². The first-order chi connectivity index (χ1) is 17.2. The molecule has 190 valence electrons. The fourth-order valence-corrected chi connectivity index (χ4v) is 4.84. The molecule has 0 aliphatic carbocycles. The third-order valence-corrected chi connectivity index (χ3v) is 6.97. The minimum Gasteiger partial charge on any atom is -0.493 e. The van der Waals surface area contributed by atoms with E-state index >= 15 is 0 Å². The maximum atomic E-state index is 13.4. The number of benzene rings is 3. The standard InChI is InChI=1S/C24H25N3O8S/c1-33-21-13-17(14-22(34-2)24(21)35-3)15-25-23(28)16-26(18-9-11-19(12-10-18)27(29)30)36(31,32)20-7-5-4-6-8-20/h4-14H,15-16H2,1-3H3,(H,25,28). The van der Waals surface area contributed by atoms with Gasteiger partial charge in [-0.15, -0.1) is 0 Å². The summed E-state index contributed by atoms with van der Waals surface area (Å²) in [5.41, 5.74) is 0.528. The van der Waals surface area contributed by atoms with Crippen LogP contribution in [0.1, 0.15) is 5.56 Å². The van der Waals surface area contributed by atoms with Crippen molar-refractivity contribution in [1.29, 1.82) is 0 Å².